The van der Waals surface area contributed by atoms with E-state index in [0.29, 0.717) is 4.88 Å². The normalized spacial score (nSPS) is 13.6. The quantitative estimate of drug-likeness (QED) is 0.811. The molecule has 112 valence electrons. The maximum absolute atomic E-state index is 12.2. The molecule has 0 saturated carbocycles. The number of nitrogens with zero attached hydrogens (tertiary/aromatic N) is 1. The van der Waals surface area contributed by atoms with Crippen molar-refractivity contribution in [3.05, 3.63) is 22.4 Å². The molecule has 0 radical (unpaired) electrons. The summed E-state index contributed by atoms with van der Waals surface area (Å²) in [5.74, 6) is -0.218. The summed E-state index contributed by atoms with van der Waals surface area (Å²) < 4.78 is 0. The van der Waals surface area contributed by atoms with E-state index in [1.54, 1.807) is 41.2 Å². The van der Waals surface area contributed by atoms with Crippen molar-refractivity contribution in [1.29, 1.82) is 0 Å². The highest BCUT2D eigenvalue weighted by Crippen LogP contribution is 2.20. The summed E-state index contributed by atoms with van der Waals surface area (Å²) in [7, 11) is 1.70. The van der Waals surface area contributed by atoms with E-state index in [1.165, 1.54) is 11.3 Å². The van der Waals surface area contributed by atoms with Gasteiger partial charge in [0.15, 0.2) is 6.04 Å². The summed E-state index contributed by atoms with van der Waals surface area (Å²) in [5.41, 5.74) is 0. The van der Waals surface area contributed by atoms with Crippen LogP contribution in [0, 0.1) is 0 Å². The number of amides is 2. The van der Waals surface area contributed by atoms with Gasteiger partial charge in [0.2, 0.25) is 0 Å². The van der Waals surface area contributed by atoms with Crippen molar-refractivity contribution in [1.82, 2.24) is 10.2 Å². The van der Waals surface area contributed by atoms with E-state index in [0.717, 1.165) is 12.2 Å². The average molecular weight is 316 g/mol. The molecule has 5 nitrogen and oxygen atoms in total. The van der Waals surface area contributed by atoms with Gasteiger partial charge < -0.3 is 15.3 Å². The van der Waals surface area contributed by atoms with E-state index < -0.39 is 12.0 Å². The van der Waals surface area contributed by atoms with Gasteiger partial charge in [-0.2, -0.15) is 11.8 Å². The summed E-state index contributed by atoms with van der Waals surface area (Å²) in [4.78, 5) is 25.7. The third kappa shape index (κ3) is 4.42. The fourth-order valence-corrected chi connectivity index (χ4v) is 3.41. The van der Waals surface area contributed by atoms with Crippen LogP contribution in [0.25, 0.3) is 0 Å². The highest BCUT2D eigenvalue weighted by molar-refractivity contribution is 7.98. The fraction of sp³-hybridized carbons (Fsp3) is 0.538. The van der Waals surface area contributed by atoms with Gasteiger partial charge in [-0.25, -0.2) is 9.59 Å². The van der Waals surface area contributed by atoms with Crippen LogP contribution in [0.1, 0.15) is 24.3 Å². The van der Waals surface area contributed by atoms with Crippen molar-refractivity contribution in [2.75, 3.05) is 19.1 Å². The van der Waals surface area contributed by atoms with Crippen molar-refractivity contribution in [2.45, 2.75) is 25.4 Å². The van der Waals surface area contributed by atoms with Crippen LogP contribution in [0.5, 0.6) is 0 Å². The van der Waals surface area contributed by atoms with Gasteiger partial charge in [0.1, 0.15) is 0 Å². The molecule has 0 aliphatic rings. The van der Waals surface area contributed by atoms with E-state index >= 15 is 0 Å². The molecule has 0 aliphatic heterocycles. The Balaban J connectivity index is 2.73. The summed E-state index contributed by atoms with van der Waals surface area (Å²) in [6, 6.07) is 2.24. The van der Waals surface area contributed by atoms with Crippen LogP contribution in [0.2, 0.25) is 0 Å². The largest absolute Gasteiger partial charge is 0.479 e. The van der Waals surface area contributed by atoms with Crippen LogP contribution in [-0.2, 0) is 4.79 Å². The van der Waals surface area contributed by atoms with E-state index in [4.69, 9.17) is 0 Å². The number of hydrogen-bond donors (Lipinski definition) is 2. The lowest BCUT2D eigenvalue weighted by molar-refractivity contribution is -0.139. The molecule has 20 heavy (non-hydrogen) atoms. The third-order valence-electron chi connectivity index (χ3n) is 3.04. The summed E-state index contributed by atoms with van der Waals surface area (Å²) in [6.07, 6.45) is 2.82. The molecule has 0 aliphatic carbocycles. The predicted octanol–water partition coefficient (Wildman–Crippen LogP) is 2.66. The lowest BCUT2D eigenvalue weighted by atomic mass is 10.2. The maximum atomic E-state index is 12.2. The van der Waals surface area contributed by atoms with Crippen molar-refractivity contribution >= 4 is 35.1 Å². The zero-order chi connectivity index (χ0) is 15.1. The van der Waals surface area contributed by atoms with Crippen LogP contribution in [0.3, 0.4) is 0 Å². The van der Waals surface area contributed by atoms with Crippen LogP contribution in [0.15, 0.2) is 17.5 Å². The first-order valence-corrected chi connectivity index (χ1v) is 8.57. The Labute approximate surface area is 127 Å². The van der Waals surface area contributed by atoms with Crippen molar-refractivity contribution in [2.24, 2.45) is 0 Å². The maximum Gasteiger partial charge on any atom is 0.331 e. The fourth-order valence-electron chi connectivity index (χ4n) is 1.80. The number of rotatable bonds is 7. The zero-order valence-corrected chi connectivity index (χ0v) is 13.5. The second-order valence-electron chi connectivity index (χ2n) is 4.36. The molecular weight excluding hydrogens is 296 g/mol. The molecule has 0 spiro atoms. The first-order valence-electron chi connectivity index (χ1n) is 6.29. The molecule has 2 amide bonds. The van der Waals surface area contributed by atoms with Crippen molar-refractivity contribution in [3.8, 4) is 0 Å². The molecular formula is C13H20N2O3S2. The molecule has 0 bridgehead atoms. The molecule has 2 N–H and O–H groups in total. The molecule has 1 heterocycles. The van der Waals surface area contributed by atoms with Crippen molar-refractivity contribution in [3.63, 3.8) is 0 Å². The topological polar surface area (TPSA) is 69.6 Å². The number of hydrogen-bond acceptors (Lipinski definition) is 4. The van der Waals surface area contributed by atoms with E-state index in [1.807, 2.05) is 13.2 Å². The number of urea groups is 1. The SMILES string of the molecule is CCC(CSC)N(C)C(=O)NC(C(=O)O)c1cccs1. The molecule has 0 saturated heterocycles. The molecule has 1 aromatic rings. The van der Waals surface area contributed by atoms with Gasteiger partial charge >= 0.3 is 12.0 Å². The molecule has 0 aromatic carbocycles. The number of aliphatic carboxylic acids is 1. The van der Waals surface area contributed by atoms with Crippen molar-refractivity contribution < 1.29 is 14.7 Å². The summed E-state index contributed by atoms with van der Waals surface area (Å²) in [6.45, 7) is 2.01. The van der Waals surface area contributed by atoms with Gasteiger partial charge in [-0.15, -0.1) is 11.3 Å². The number of carbonyl (C=O) groups excluding carboxylic acids is 1. The minimum Gasteiger partial charge on any atom is -0.479 e. The number of carboxylic acids is 1. The highest BCUT2D eigenvalue weighted by Gasteiger charge is 2.26. The Hall–Kier alpha value is -1.21. The molecule has 7 heteroatoms. The van der Waals surface area contributed by atoms with Gasteiger partial charge in [0, 0.05) is 23.7 Å². The molecule has 1 rings (SSSR count). The van der Waals surface area contributed by atoms with E-state index in [-0.39, 0.29) is 12.1 Å². The number of thiophene rings is 1. The second kappa shape index (κ2) is 8.16. The predicted molar refractivity (Wildman–Crippen MR) is 83.5 cm³/mol. The standard InChI is InChI=1S/C13H20N2O3S2/c1-4-9(8-19-3)15(2)13(18)14-11(12(16)17)10-6-5-7-20-10/h5-7,9,11H,4,8H2,1-3H3,(H,14,18)(H,16,17). The molecule has 2 unspecified atom stereocenters. The Morgan fingerprint density at radius 2 is 2.25 bits per heavy atom. The number of carbonyl (C=O) groups is 2. The van der Waals surface area contributed by atoms with Gasteiger partial charge in [-0.3, -0.25) is 0 Å². The van der Waals surface area contributed by atoms with E-state index in [9.17, 15) is 14.7 Å². The first kappa shape index (κ1) is 16.8. The van der Waals surface area contributed by atoms with Crippen LogP contribution in [0.4, 0.5) is 4.79 Å². The second-order valence-corrected chi connectivity index (χ2v) is 6.25. The highest BCUT2D eigenvalue weighted by atomic mass is 32.2. The Morgan fingerprint density at radius 3 is 2.70 bits per heavy atom. The number of nitrogens with one attached hydrogen (secondary N) is 1. The number of thioether (sulfide) groups is 1. The summed E-state index contributed by atoms with van der Waals surface area (Å²) in [5, 5.41) is 13.6. The van der Waals surface area contributed by atoms with Gasteiger partial charge in [-0.1, -0.05) is 13.0 Å². The molecule has 2 atom stereocenters. The van der Waals surface area contributed by atoms with Gasteiger partial charge in [0.25, 0.3) is 0 Å². The lowest BCUT2D eigenvalue weighted by Crippen LogP contribution is -2.46. The third-order valence-corrected chi connectivity index (χ3v) is 4.70. The molecule has 1 aromatic heterocycles. The minimum atomic E-state index is -1.05. The Bertz CT molecular complexity index is 437. The van der Waals surface area contributed by atoms with Gasteiger partial charge in [0.05, 0.1) is 0 Å². The minimum absolute atomic E-state index is 0.0998. The van der Waals surface area contributed by atoms with Crippen LogP contribution in [-0.4, -0.2) is 47.1 Å². The smallest absolute Gasteiger partial charge is 0.331 e. The lowest BCUT2D eigenvalue weighted by Gasteiger charge is -2.28. The van der Waals surface area contributed by atoms with E-state index in [2.05, 4.69) is 5.32 Å². The molecule has 0 fully saturated rings. The van der Waals surface area contributed by atoms with Gasteiger partial charge in [-0.05, 0) is 24.1 Å². The van der Waals surface area contributed by atoms with Crippen LogP contribution >= 0.6 is 23.1 Å². The Kier molecular flexibility index (Phi) is 6.87. The zero-order valence-electron chi connectivity index (χ0n) is 11.8. The van der Waals surface area contributed by atoms with Crippen LogP contribution < -0.4 is 5.32 Å². The Morgan fingerprint density at radius 1 is 1.55 bits per heavy atom. The first-order chi connectivity index (χ1) is 9.51. The average Bonchev–Trinajstić information content (AvgIpc) is 2.94. The summed E-state index contributed by atoms with van der Waals surface area (Å²) >= 11 is 2.99. The number of carboxylic acid groups (broad SMARTS) is 1. The monoisotopic (exact) mass is 316 g/mol.